The highest BCUT2D eigenvalue weighted by molar-refractivity contribution is 5.86. The smallest absolute Gasteiger partial charge is 0.241 e. The normalized spacial score (nSPS) is 11.4. The van der Waals surface area contributed by atoms with Crippen LogP contribution in [0.1, 0.15) is 44.2 Å². The topological polar surface area (TPSA) is 82.8 Å². The van der Waals surface area contributed by atoms with Crippen molar-refractivity contribution in [3.8, 4) is 0 Å². The Morgan fingerprint density at radius 1 is 1.22 bits per heavy atom. The van der Waals surface area contributed by atoms with Crippen molar-refractivity contribution in [2.75, 3.05) is 27.2 Å². The van der Waals surface area contributed by atoms with Crippen LogP contribution in [0.5, 0.6) is 0 Å². The first-order chi connectivity index (χ1) is 11.0. The van der Waals surface area contributed by atoms with Crippen molar-refractivity contribution in [2.45, 2.75) is 46.6 Å². The van der Waals surface area contributed by atoms with Crippen LogP contribution in [0.15, 0.2) is 9.52 Å². The quantitative estimate of drug-likeness (QED) is 0.557. The maximum absolute atomic E-state index is 11.7. The predicted molar refractivity (Wildman–Crippen MR) is 91.4 cm³/mol. The molecular weight excluding hydrogens is 294 g/mol. The summed E-state index contributed by atoms with van der Waals surface area (Å²) >= 11 is 0. The Kier molecular flexibility index (Phi) is 8.15. The van der Waals surface area contributed by atoms with Crippen molar-refractivity contribution >= 4 is 11.9 Å². The molecule has 0 aliphatic carbocycles. The van der Waals surface area contributed by atoms with E-state index in [4.69, 9.17) is 4.52 Å². The molecule has 1 amide bonds. The van der Waals surface area contributed by atoms with Crippen LogP contribution in [0.3, 0.4) is 0 Å². The van der Waals surface area contributed by atoms with E-state index in [2.05, 4.69) is 34.6 Å². The Balaban J connectivity index is 2.79. The van der Waals surface area contributed by atoms with Gasteiger partial charge >= 0.3 is 0 Å². The van der Waals surface area contributed by atoms with E-state index in [1.54, 1.807) is 19.0 Å². The summed E-state index contributed by atoms with van der Waals surface area (Å²) in [6.07, 6.45) is 2.59. The molecule has 1 aromatic heterocycles. The van der Waals surface area contributed by atoms with Crippen LogP contribution in [0.4, 0.5) is 0 Å². The van der Waals surface area contributed by atoms with Crippen LogP contribution in [-0.2, 0) is 24.2 Å². The Morgan fingerprint density at radius 3 is 2.52 bits per heavy atom. The number of carbonyl (C=O) groups excluding carboxylic acids is 1. The van der Waals surface area contributed by atoms with Gasteiger partial charge in [-0.05, 0) is 12.8 Å². The van der Waals surface area contributed by atoms with Crippen LogP contribution in [0.2, 0.25) is 0 Å². The molecule has 7 nitrogen and oxygen atoms in total. The SMILES string of the molecule is CCCNC(=NCc1c(CC)noc1CC)NCC(=O)N(C)C. The zero-order valence-electron chi connectivity index (χ0n) is 14.9. The van der Waals surface area contributed by atoms with Crippen LogP contribution < -0.4 is 10.6 Å². The fourth-order valence-corrected chi connectivity index (χ4v) is 2.01. The summed E-state index contributed by atoms with van der Waals surface area (Å²) in [5, 5.41) is 10.4. The number of aromatic nitrogens is 1. The molecule has 1 aromatic rings. The van der Waals surface area contributed by atoms with Crippen molar-refractivity contribution in [1.82, 2.24) is 20.7 Å². The molecule has 0 unspecified atom stereocenters. The summed E-state index contributed by atoms with van der Waals surface area (Å²) in [5.74, 6) is 1.52. The highest BCUT2D eigenvalue weighted by atomic mass is 16.5. The molecule has 7 heteroatoms. The summed E-state index contributed by atoms with van der Waals surface area (Å²) in [4.78, 5) is 17.8. The first-order valence-corrected chi connectivity index (χ1v) is 8.21. The Labute approximate surface area is 138 Å². The average molecular weight is 323 g/mol. The number of guanidine groups is 1. The molecule has 0 aliphatic rings. The number of carbonyl (C=O) groups is 1. The molecule has 0 atom stereocenters. The lowest BCUT2D eigenvalue weighted by atomic mass is 10.1. The second-order valence-corrected chi connectivity index (χ2v) is 5.47. The van der Waals surface area contributed by atoms with Gasteiger partial charge in [0.15, 0.2) is 5.96 Å². The Hall–Kier alpha value is -2.05. The van der Waals surface area contributed by atoms with Gasteiger partial charge in [0.25, 0.3) is 0 Å². The van der Waals surface area contributed by atoms with Gasteiger partial charge in [-0.3, -0.25) is 4.79 Å². The van der Waals surface area contributed by atoms with E-state index in [0.717, 1.165) is 42.8 Å². The molecule has 0 saturated carbocycles. The molecular formula is C16H29N5O2. The summed E-state index contributed by atoms with van der Waals surface area (Å²) in [6.45, 7) is 7.68. The standard InChI is InChI=1S/C16H29N5O2/c1-6-9-17-16(19-11-15(22)21(4)5)18-10-12-13(7-2)20-23-14(12)8-3/h6-11H2,1-5H3,(H2,17,18,19). The van der Waals surface area contributed by atoms with Gasteiger partial charge in [-0.25, -0.2) is 4.99 Å². The number of hydrogen-bond acceptors (Lipinski definition) is 4. The monoisotopic (exact) mass is 323 g/mol. The third kappa shape index (κ3) is 5.92. The second kappa shape index (κ2) is 9.86. The molecule has 1 heterocycles. The van der Waals surface area contributed by atoms with Gasteiger partial charge in [0.2, 0.25) is 5.91 Å². The molecule has 0 radical (unpaired) electrons. The van der Waals surface area contributed by atoms with Gasteiger partial charge in [0, 0.05) is 32.6 Å². The van der Waals surface area contributed by atoms with Crippen LogP contribution >= 0.6 is 0 Å². The van der Waals surface area contributed by atoms with Crippen molar-refractivity contribution in [3.05, 3.63) is 17.0 Å². The number of nitrogens with zero attached hydrogens (tertiary/aromatic N) is 3. The van der Waals surface area contributed by atoms with Crippen LogP contribution in [0, 0.1) is 0 Å². The van der Waals surface area contributed by atoms with Crippen molar-refractivity contribution in [3.63, 3.8) is 0 Å². The van der Waals surface area contributed by atoms with Gasteiger partial charge in [0.05, 0.1) is 18.8 Å². The number of rotatable bonds is 8. The number of likely N-dealkylation sites (N-methyl/N-ethyl adjacent to an activating group) is 1. The molecule has 130 valence electrons. The Morgan fingerprint density at radius 2 is 1.96 bits per heavy atom. The zero-order valence-corrected chi connectivity index (χ0v) is 14.9. The van der Waals surface area contributed by atoms with Gasteiger partial charge in [0.1, 0.15) is 5.76 Å². The fourth-order valence-electron chi connectivity index (χ4n) is 2.01. The van der Waals surface area contributed by atoms with E-state index < -0.39 is 0 Å². The largest absolute Gasteiger partial charge is 0.361 e. The van der Waals surface area contributed by atoms with Gasteiger partial charge in [-0.1, -0.05) is 25.9 Å². The van der Waals surface area contributed by atoms with E-state index in [9.17, 15) is 4.79 Å². The minimum Gasteiger partial charge on any atom is -0.361 e. The first-order valence-electron chi connectivity index (χ1n) is 8.21. The van der Waals surface area contributed by atoms with Gasteiger partial charge < -0.3 is 20.1 Å². The predicted octanol–water partition coefficient (Wildman–Crippen LogP) is 1.33. The van der Waals surface area contributed by atoms with Crippen molar-refractivity contribution in [2.24, 2.45) is 4.99 Å². The molecule has 0 spiro atoms. The average Bonchev–Trinajstić information content (AvgIpc) is 2.95. The van der Waals surface area contributed by atoms with Gasteiger partial charge in [-0.15, -0.1) is 0 Å². The van der Waals surface area contributed by atoms with Crippen molar-refractivity contribution < 1.29 is 9.32 Å². The maximum atomic E-state index is 11.7. The van der Waals surface area contributed by atoms with E-state index in [1.165, 1.54) is 0 Å². The van der Waals surface area contributed by atoms with E-state index in [1.807, 2.05) is 6.92 Å². The van der Waals surface area contributed by atoms with E-state index in [0.29, 0.717) is 12.5 Å². The lowest BCUT2D eigenvalue weighted by Gasteiger charge is -2.14. The highest BCUT2D eigenvalue weighted by Crippen LogP contribution is 2.16. The lowest BCUT2D eigenvalue weighted by Crippen LogP contribution is -2.43. The van der Waals surface area contributed by atoms with Crippen LogP contribution in [0.25, 0.3) is 0 Å². The third-order valence-electron chi connectivity index (χ3n) is 3.45. The zero-order chi connectivity index (χ0) is 17.2. The van der Waals surface area contributed by atoms with E-state index in [-0.39, 0.29) is 12.5 Å². The Bertz CT molecular complexity index is 501. The number of aliphatic imine (C=N–C) groups is 1. The number of aryl methyl sites for hydroxylation is 2. The first kappa shape index (κ1) is 19.0. The molecule has 23 heavy (non-hydrogen) atoms. The molecule has 0 bridgehead atoms. The molecule has 0 aromatic carbocycles. The number of nitrogens with one attached hydrogen (secondary N) is 2. The molecule has 0 fully saturated rings. The van der Waals surface area contributed by atoms with E-state index >= 15 is 0 Å². The minimum atomic E-state index is 0.00414. The number of amides is 1. The second-order valence-electron chi connectivity index (χ2n) is 5.47. The maximum Gasteiger partial charge on any atom is 0.241 e. The fraction of sp³-hybridized carbons (Fsp3) is 0.688. The molecule has 0 saturated heterocycles. The summed E-state index contributed by atoms with van der Waals surface area (Å²) < 4.78 is 5.36. The third-order valence-corrected chi connectivity index (χ3v) is 3.45. The summed E-state index contributed by atoms with van der Waals surface area (Å²) in [6, 6.07) is 0. The molecule has 2 N–H and O–H groups in total. The van der Waals surface area contributed by atoms with Gasteiger partial charge in [-0.2, -0.15) is 0 Å². The van der Waals surface area contributed by atoms with Crippen LogP contribution in [-0.4, -0.2) is 49.1 Å². The highest BCUT2D eigenvalue weighted by Gasteiger charge is 2.13. The lowest BCUT2D eigenvalue weighted by molar-refractivity contribution is -0.127. The minimum absolute atomic E-state index is 0.00414. The summed E-state index contributed by atoms with van der Waals surface area (Å²) in [5.41, 5.74) is 2.00. The summed E-state index contributed by atoms with van der Waals surface area (Å²) in [7, 11) is 3.47. The number of hydrogen-bond donors (Lipinski definition) is 2. The molecule has 1 rings (SSSR count). The van der Waals surface area contributed by atoms with Crippen molar-refractivity contribution in [1.29, 1.82) is 0 Å². The molecule has 0 aliphatic heterocycles.